The minimum Gasteiger partial charge on any atom is -0.496 e. The molecule has 0 atom stereocenters. The van der Waals surface area contributed by atoms with Gasteiger partial charge < -0.3 is 10.5 Å². The van der Waals surface area contributed by atoms with Crippen LogP contribution in [-0.4, -0.2) is 12.1 Å². The first-order valence-electron chi connectivity index (χ1n) is 5.48. The zero-order valence-electron chi connectivity index (χ0n) is 10.3. The minimum atomic E-state index is 0.249. The molecule has 4 nitrogen and oxygen atoms in total. The predicted octanol–water partition coefficient (Wildman–Crippen LogP) is 2.52. The van der Waals surface area contributed by atoms with Crippen LogP contribution in [0.1, 0.15) is 11.3 Å². The first-order valence-corrected chi connectivity index (χ1v) is 5.48. The molecule has 2 rings (SSSR count). The van der Waals surface area contributed by atoms with Crippen molar-refractivity contribution in [1.82, 2.24) is 4.98 Å². The molecular weight excluding hydrogens is 226 g/mol. The van der Waals surface area contributed by atoms with Crippen LogP contribution < -0.4 is 10.5 Å². The highest BCUT2D eigenvalue weighted by Crippen LogP contribution is 2.33. The van der Waals surface area contributed by atoms with Crippen LogP contribution in [0.2, 0.25) is 0 Å². The summed E-state index contributed by atoms with van der Waals surface area (Å²) in [6, 6.07) is 11.5. The summed E-state index contributed by atoms with van der Waals surface area (Å²) < 4.78 is 5.31. The summed E-state index contributed by atoms with van der Waals surface area (Å²) in [5.74, 6) is 0.956. The Labute approximate surface area is 106 Å². The van der Waals surface area contributed by atoms with E-state index in [-0.39, 0.29) is 5.82 Å². The number of pyridine rings is 1. The van der Waals surface area contributed by atoms with Crippen LogP contribution in [0.25, 0.3) is 11.1 Å². The molecule has 90 valence electrons. The van der Waals surface area contributed by atoms with Crippen LogP contribution in [0.5, 0.6) is 5.75 Å². The maximum absolute atomic E-state index is 9.20. The minimum absolute atomic E-state index is 0.249. The number of nitrogens with two attached hydrogens (primary N) is 1. The van der Waals surface area contributed by atoms with Gasteiger partial charge in [0.15, 0.2) is 0 Å². The van der Waals surface area contributed by atoms with Crippen LogP contribution in [0.15, 0.2) is 30.3 Å². The van der Waals surface area contributed by atoms with Crippen molar-refractivity contribution in [1.29, 1.82) is 5.26 Å². The van der Waals surface area contributed by atoms with E-state index in [0.717, 1.165) is 16.8 Å². The summed E-state index contributed by atoms with van der Waals surface area (Å²) in [4.78, 5) is 4.10. The molecule has 0 fully saturated rings. The topological polar surface area (TPSA) is 71.9 Å². The van der Waals surface area contributed by atoms with Crippen LogP contribution >= 0.6 is 0 Å². The zero-order chi connectivity index (χ0) is 13.1. The van der Waals surface area contributed by atoms with Crippen molar-refractivity contribution in [3.8, 4) is 22.9 Å². The summed E-state index contributed by atoms with van der Waals surface area (Å²) in [6.45, 7) is 1.84. The summed E-state index contributed by atoms with van der Waals surface area (Å²) in [7, 11) is 1.60. The lowest BCUT2D eigenvalue weighted by Gasteiger charge is -2.11. The number of para-hydroxylation sites is 1. The number of aryl methyl sites for hydroxylation is 1. The second kappa shape index (κ2) is 4.76. The van der Waals surface area contributed by atoms with Crippen molar-refractivity contribution in [2.45, 2.75) is 6.92 Å². The van der Waals surface area contributed by atoms with Crippen molar-refractivity contribution in [2.75, 3.05) is 12.8 Å². The summed E-state index contributed by atoms with van der Waals surface area (Å²) >= 11 is 0. The lowest BCUT2D eigenvalue weighted by Crippen LogP contribution is -2.00. The SMILES string of the molecule is COc1ccccc1-c1cc(C)nc(N)c1C#N. The first-order chi connectivity index (χ1) is 8.67. The zero-order valence-corrected chi connectivity index (χ0v) is 10.3. The molecule has 4 heteroatoms. The second-order valence-corrected chi connectivity index (χ2v) is 3.88. The number of nitrogen functional groups attached to an aromatic ring is 1. The molecule has 2 aromatic rings. The number of hydrogen-bond acceptors (Lipinski definition) is 4. The van der Waals surface area contributed by atoms with Gasteiger partial charge in [-0.2, -0.15) is 5.26 Å². The number of ether oxygens (including phenoxy) is 1. The van der Waals surface area contributed by atoms with E-state index in [1.165, 1.54) is 0 Å². The molecule has 0 saturated carbocycles. The molecule has 1 heterocycles. The van der Waals surface area contributed by atoms with Crippen LogP contribution in [0.4, 0.5) is 5.82 Å². The van der Waals surface area contributed by atoms with Crippen molar-refractivity contribution >= 4 is 5.82 Å². The molecule has 0 saturated heterocycles. The first kappa shape index (κ1) is 11.9. The number of rotatable bonds is 2. The van der Waals surface area contributed by atoms with Crippen LogP contribution in [0, 0.1) is 18.3 Å². The van der Waals surface area contributed by atoms with E-state index in [4.69, 9.17) is 10.5 Å². The molecule has 0 bridgehead atoms. The Morgan fingerprint density at radius 3 is 2.67 bits per heavy atom. The predicted molar refractivity (Wildman–Crippen MR) is 70.1 cm³/mol. The fraction of sp³-hybridized carbons (Fsp3) is 0.143. The molecule has 0 aliphatic rings. The number of methoxy groups -OCH3 is 1. The molecule has 0 radical (unpaired) electrons. The molecule has 18 heavy (non-hydrogen) atoms. The number of nitriles is 1. The molecule has 0 aliphatic heterocycles. The molecule has 1 aromatic heterocycles. The van der Waals surface area contributed by atoms with E-state index in [0.29, 0.717) is 11.3 Å². The van der Waals surface area contributed by atoms with Gasteiger partial charge in [-0.3, -0.25) is 0 Å². The molecule has 0 amide bonds. The Kier molecular flexibility index (Phi) is 3.16. The van der Waals surface area contributed by atoms with Crippen molar-refractivity contribution in [3.05, 3.63) is 41.6 Å². The van der Waals surface area contributed by atoms with Gasteiger partial charge in [0.05, 0.1) is 7.11 Å². The molecular formula is C14H13N3O. The Bertz CT molecular complexity index is 629. The van der Waals surface area contributed by atoms with Gasteiger partial charge in [-0.15, -0.1) is 0 Å². The number of benzene rings is 1. The van der Waals surface area contributed by atoms with Gasteiger partial charge in [0, 0.05) is 16.8 Å². The van der Waals surface area contributed by atoms with Crippen molar-refractivity contribution in [2.24, 2.45) is 0 Å². The average Bonchev–Trinajstić information content (AvgIpc) is 2.38. The van der Waals surface area contributed by atoms with Gasteiger partial charge in [0.25, 0.3) is 0 Å². The largest absolute Gasteiger partial charge is 0.496 e. The van der Waals surface area contributed by atoms with Gasteiger partial charge in [0.2, 0.25) is 0 Å². The smallest absolute Gasteiger partial charge is 0.142 e. The van der Waals surface area contributed by atoms with Gasteiger partial charge in [-0.25, -0.2) is 4.98 Å². The fourth-order valence-electron chi connectivity index (χ4n) is 1.89. The Hall–Kier alpha value is -2.54. The summed E-state index contributed by atoms with van der Waals surface area (Å²) in [5.41, 5.74) is 8.53. The van der Waals surface area contributed by atoms with Crippen molar-refractivity contribution in [3.63, 3.8) is 0 Å². The molecule has 0 aliphatic carbocycles. The second-order valence-electron chi connectivity index (χ2n) is 3.88. The third kappa shape index (κ3) is 1.98. The molecule has 0 unspecified atom stereocenters. The highest BCUT2D eigenvalue weighted by atomic mass is 16.5. The van der Waals surface area contributed by atoms with Crippen molar-refractivity contribution < 1.29 is 4.74 Å². The third-order valence-electron chi connectivity index (χ3n) is 2.68. The van der Waals surface area contributed by atoms with Crippen LogP contribution in [0.3, 0.4) is 0 Å². The summed E-state index contributed by atoms with van der Waals surface area (Å²) in [5, 5.41) is 9.20. The van der Waals surface area contributed by atoms with E-state index < -0.39 is 0 Å². The maximum atomic E-state index is 9.20. The Morgan fingerprint density at radius 2 is 2.00 bits per heavy atom. The maximum Gasteiger partial charge on any atom is 0.142 e. The summed E-state index contributed by atoms with van der Waals surface area (Å²) in [6.07, 6.45) is 0. The Balaban J connectivity index is 2.75. The quantitative estimate of drug-likeness (QED) is 0.874. The fourth-order valence-corrected chi connectivity index (χ4v) is 1.89. The van der Waals surface area contributed by atoms with E-state index in [2.05, 4.69) is 11.1 Å². The standard InChI is InChI=1S/C14H13N3O/c1-9-7-11(12(8-15)14(16)17-9)10-5-3-4-6-13(10)18-2/h3-7H,1-2H3,(H2,16,17). The average molecular weight is 239 g/mol. The molecule has 2 N–H and O–H groups in total. The number of hydrogen-bond donors (Lipinski definition) is 1. The van der Waals surface area contributed by atoms with Gasteiger partial charge in [-0.05, 0) is 19.1 Å². The number of nitrogens with zero attached hydrogens (tertiary/aromatic N) is 2. The van der Waals surface area contributed by atoms with E-state index in [1.54, 1.807) is 7.11 Å². The normalized spacial score (nSPS) is 9.83. The van der Waals surface area contributed by atoms with Gasteiger partial charge >= 0.3 is 0 Å². The third-order valence-corrected chi connectivity index (χ3v) is 2.68. The Morgan fingerprint density at radius 1 is 1.28 bits per heavy atom. The van der Waals surface area contributed by atoms with Crippen LogP contribution in [-0.2, 0) is 0 Å². The number of anilines is 1. The van der Waals surface area contributed by atoms with E-state index >= 15 is 0 Å². The highest BCUT2D eigenvalue weighted by molar-refractivity contribution is 5.79. The molecule has 0 spiro atoms. The highest BCUT2D eigenvalue weighted by Gasteiger charge is 2.13. The van der Waals surface area contributed by atoms with E-state index in [1.807, 2.05) is 37.3 Å². The van der Waals surface area contributed by atoms with Gasteiger partial charge in [-0.1, -0.05) is 18.2 Å². The van der Waals surface area contributed by atoms with E-state index in [9.17, 15) is 5.26 Å². The lowest BCUT2D eigenvalue weighted by molar-refractivity contribution is 0.416. The van der Waals surface area contributed by atoms with Gasteiger partial charge in [0.1, 0.15) is 23.2 Å². The lowest BCUT2D eigenvalue weighted by atomic mass is 9.99. The monoisotopic (exact) mass is 239 g/mol. The number of aromatic nitrogens is 1. The molecule has 1 aromatic carbocycles.